The van der Waals surface area contributed by atoms with Crippen molar-refractivity contribution < 1.29 is 18.0 Å². The Hall–Kier alpha value is -1.57. The molecule has 0 aliphatic rings. The number of alkyl halides is 3. The third-order valence-electron chi connectivity index (χ3n) is 1.95. The number of halogens is 4. The van der Waals surface area contributed by atoms with Crippen LogP contribution in [0.25, 0.3) is 0 Å². The fraction of sp³-hybridized carbons (Fsp3) is 0.444. The predicted octanol–water partition coefficient (Wildman–Crippen LogP) is 1.70. The molecule has 0 fully saturated rings. The molecule has 1 aromatic heterocycles. The summed E-state index contributed by atoms with van der Waals surface area (Å²) in [6.45, 7) is 1.47. The lowest BCUT2D eigenvalue weighted by atomic mass is 10.3. The third-order valence-corrected chi connectivity index (χ3v) is 2.15. The number of carbonyl (C=O) groups excluding carboxylic acids is 1. The Kier molecular flexibility index (Phi) is 4.33. The minimum atomic E-state index is -4.70. The van der Waals surface area contributed by atoms with Gasteiger partial charge in [-0.15, -0.1) is 0 Å². The van der Waals surface area contributed by atoms with Crippen molar-refractivity contribution in [1.29, 1.82) is 0 Å². The number of likely N-dealkylation sites (N-methyl/N-ethyl adjacent to an activating group) is 1. The normalized spacial score (nSPS) is 13.0. The number of hydrogen-bond acceptors (Lipinski definition) is 4. The first-order chi connectivity index (χ1) is 8.24. The molecule has 1 atom stereocenters. The Morgan fingerprint density at radius 3 is 2.56 bits per heavy atom. The molecule has 0 aromatic carbocycles. The SMILES string of the molecule is CNC(=O)C(C)Nc1cc(Cl)nc(C(F)(F)F)n1. The Bertz CT molecular complexity index is 452. The van der Waals surface area contributed by atoms with Crippen LogP contribution >= 0.6 is 11.6 Å². The van der Waals surface area contributed by atoms with Crippen LogP contribution in [0.2, 0.25) is 5.15 Å². The van der Waals surface area contributed by atoms with Crippen LogP contribution in [0.5, 0.6) is 0 Å². The number of nitrogens with one attached hydrogen (secondary N) is 2. The summed E-state index contributed by atoms with van der Waals surface area (Å²) in [5.41, 5.74) is 0. The monoisotopic (exact) mass is 282 g/mol. The molecule has 0 bridgehead atoms. The van der Waals surface area contributed by atoms with E-state index in [1.54, 1.807) is 0 Å². The summed E-state index contributed by atoms with van der Waals surface area (Å²) in [4.78, 5) is 17.5. The molecule has 1 unspecified atom stereocenters. The number of amides is 1. The van der Waals surface area contributed by atoms with E-state index in [1.807, 2.05) is 0 Å². The molecule has 9 heteroatoms. The first-order valence-corrected chi connectivity index (χ1v) is 5.21. The van der Waals surface area contributed by atoms with Gasteiger partial charge in [-0.1, -0.05) is 11.6 Å². The molecule has 18 heavy (non-hydrogen) atoms. The fourth-order valence-electron chi connectivity index (χ4n) is 1.12. The molecule has 1 heterocycles. The highest BCUT2D eigenvalue weighted by Crippen LogP contribution is 2.28. The summed E-state index contributed by atoms with van der Waals surface area (Å²) in [7, 11) is 1.41. The Balaban J connectivity index is 2.97. The molecule has 0 saturated carbocycles. The zero-order valence-electron chi connectivity index (χ0n) is 9.47. The van der Waals surface area contributed by atoms with E-state index in [4.69, 9.17) is 11.6 Å². The Morgan fingerprint density at radius 1 is 1.44 bits per heavy atom. The van der Waals surface area contributed by atoms with Gasteiger partial charge in [-0.25, -0.2) is 9.97 Å². The summed E-state index contributed by atoms with van der Waals surface area (Å²) in [5, 5.41) is 4.49. The van der Waals surface area contributed by atoms with E-state index in [0.717, 1.165) is 6.07 Å². The second-order valence-electron chi connectivity index (χ2n) is 3.38. The van der Waals surface area contributed by atoms with Gasteiger partial charge in [0, 0.05) is 13.1 Å². The molecule has 5 nitrogen and oxygen atoms in total. The number of carbonyl (C=O) groups is 1. The lowest BCUT2D eigenvalue weighted by Gasteiger charge is -2.14. The largest absolute Gasteiger partial charge is 0.451 e. The van der Waals surface area contributed by atoms with Crippen LogP contribution in [0.15, 0.2) is 6.07 Å². The van der Waals surface area contributed by atoms with Crippen molar-refractivity contribution in [2.24, 2.45) is 0 Å². The first kappa shape index (κ1) is 14.5. The molecule has 1 rings (SSSR count). The molecule has 100 valence electrons. The number of nitrogens with zero attached hydrogens (tertiary/aromatic N) is 2. The van der Waals surface area contributed by atoms with Crippen molar-refractivity contribution >= 4 is 23.3 Å². The second kappa shape index (κ2) is 5.38. The number of aromatic nitrogens is 2. The van der Waals surface area contributed by atoms with E-state index >= 15 is 0 Å². The van der Waals surface area contributed by atoms with Crippen LogP contribution in [-0.4, -0.2) is 29.0 Å². The van der Waals surface area contributed by atoms with E-state index in [9.17, 15) is 18.0 Å². The van der Waals surface area contributed by atoms with Crippen molar-refractivity contribution in [3.63, 3.8) is 0 Å². The van der Waals surface area contributed by atoms with Gasteiger partial charge < -0.3 is 10.6 Å². The lowest BCUT2D eigenvalue weighted by molar-refractivity contribution is -0.144. The van der Waals surface area contributed by atoms with Gasteiger partial charge in [0.1, 0.15) is 17.0 Å². The number of hydrogen-bond donors (Lipinski definition) is 2. The van der Waals surface area contributed by atoms with Gasteiger partial charge in [0.05, 0.1) is 0 Å². The van der Waals surface area contributed by atoms with Crippen LogP contribution in [0, 0.1) is 0 Å². The molecule has 1 amide bonds. The van der Waals surface area contributed by atoms with E-state index < -0.39 is 23.9 Å². The van der Waals surface area contributed by atoms with Crippen LogP contribution in [0.4, 0.5) is 19.0 Å². The highest BCUT2D eigenvalue weighted by molar-refractivity contribution is 6.29. The molecule has 0 radical (unpaired) electrons. The maximum absolute atomic E-state index is 12.4. The Morgan fingerprint density at radius 2 is 2.06 bits per heavy atom. The fourth-order valence-corrected chi connectivity index (χ4v) is 1.31. The standard InChI is InChI=1S/C9H10ClF3N4O/c1-4(7(18)14-2)15-6-3-5(10)16-8(17-6)9(11,12)13/h3-4H,1-2H3,(H,14,18)(H,15,16,17). The van der Waals surface area contributed by atoms with Crippen LogP contribution in [0.3, 0.4) is 0 Å². The molecule has 2 N–H and O–H groups in total. The van der Waals surface area contributed by atoms with E-state index in [0.29, 0.717) is 0 Å². The summed E-state index contributed by atoms with van der Waals surface area (Å²) >= 11 is 5.46. The predicted molar refractivity (Wildman–Crippen MR) is 59.2 cm³/mol. The molecule has 0 spiro atoms. The second-order valence-corrected chi connectivity index (χ2v) is 3.76. The average molecular weight is 283 g/mol. The van der Waals surface area contributed by atoms with Gasteiger partial charge in [-0.05, 0) is 6.92 Å². The van der Waals surface area contributed by atoms with Crippen molar-refractivity contribution in [2.75, 3.05) is 12.4 Å². The van der Waals surface area contributed by atoms with Gasteiger partial charge in [0.15, 0.2) is 0 Å². The molecule has 0 saturated heterocycles. The third kappa shape index (κ3) is 3.73. The van der Waals surface area contributed by atoms with Gasteiger partial charge >= 0.3 is 6.18 Å². The van der Waals surface area contributed by atoms with E-state index in [1.165, 1.54) is 14.0 Å². The highest BCUT2D eigenvalue weighted by Gasteiger charge is 2.35. The molecule has 0 aliphatic carbocycles. The number of anilines is 1. The number of rotatable bonds is 3. The quantitative estimate of drug-likeness (QED) is 0.828. The summed E-state index contributed by atoms with van der Waals surface area (Å²) in [6, 6.07) is 0.359. The zero-order valence-corrected chi connectivity index (χ0v) is 10.2. The zero-order chi connectivity index (χ0) is 13.9. The van der Waals surface area contributed by atoms with Crippen LogP contribution < -0.4 is 10.6 Å². The molecular formula is C9H10ClF3N4O. The minimum Gasteiger partial charge on any atom is -0.358 e. The smallest absolute Gasteiger partial charge is 0.358 e. The van der Waals surface area contributed by atoms with Crippen LogP contribution in [-0.2, 0) is 11.0 Å². The van der Waals surface area contributed by atoms with Gasteiger partial charge in [-0.3, -0.25) is 4.79 Å². The van der Waals surface area contributed by atoms with Gasteiger partial charge in [-0.2, -0.15) is 13.2 Å². The maximum atomic E-state index is 12.4. The van der Waals surface area contributed by atoms with Crippen molar-refractivity contribution in [2.45, 2.75) is 19.1 Å². The van der Waals surface area contributed by atoms with Crippen molar-refractivity contribution in [1.82, 2.24) is 15.3 Å². The van der Waals surface area contributed by atoms with Crippen LogP contribution in [0.1, 0.15) is 12.7 Å². The Labute approximate surface area is 106 Å². The molecular weight excluding hydrogens is 273 g/mol. The summed E-state index contributed by atoms with van der Waals surface area (Å²) in [5.74, 6) is -1.92. The topological polar surface area (TPSA) is 66.9 Å². The van der Waals surface area contributed by atoms with E-state index in [2.05, 4.69) is 20.6 Å². The van der Waals surface area contributed by atoms with E-state index in [-0.39, 0.29) is 11.0 Å². The lowest BCUT2D eigenvalue weighted by Crippen LogP contribution is -2.35. The van der Waals surface area contributed by atoms with Gasteiger partial charge in [0.2, 0.25) is 11.7 Å². The maximum Gasteiger partial charge on any atom is 0.451 e. The van der Waals surface area contributed by atoms with Crippen molar-refractivity contribution in [3.8, 4) is 0 Å². The van der Waals surface area contributed by atoms with Gasteiger partial charge in [0.25, 0.3) is 0 Å². The molecule has 1 aromatic rings. The first-order valence-electron chi connectivity index (χ1n) is 4.84. The molecule has 0 aliphatic heterocycles. The highest BCUT2D eigenvalue weighted by atomic mass is 35.5. The summed E-state index contributed by atoms with van der Waals surface area (Å²) < 4.78 is 37.3. The van der Waals surface area contributed by atoms with Crippen molar-refractivity contribution in [3.05, 3.63) is 17.0 Å². The minimum absolute atomic E-state index is 0.168. The summed E-state index contributed by atoms with van der Waals surface area (Å²) in [6.07, 6.45) is -4.70. The average Bonchev–Trinajstić information content (AvgIpc) is 2.25.